The van der Waals surface area contributed by atoms with Crippen LogP contribution in [0.2, 0.25) is 0 Å². The van der Waals surface area contributed by atoms with Crippen molar-refractivity contribution in [3.05, 3.63) is 42.2 Å². The second-order valence-corrected chi connectivity index (χ2v) is 4.48. The number of carbonyl (C=O) groups excluding carboxylic acids is 1. The minimum atomic E-state index is -0.723. The van der Waals surface area contributed by atoms with E-state index in [1.165, 1.54) is 12.1 Å². The van der Waals surface area contributed by atoms with Gasteiger partial charge in [-0.05, 0) is 24.1 Å². The zero-order valence-corrected chi connectivity index (χ0v) is 10.9. The highest BCUT2D eigenvalue weighted by atomic mass is 19.1. The molecule has 0 amide bonds. The van der Waals surface area contributed by atoms with Crippen LogP contribution in [0.1, 0.15) is 5.56 Å². The molecule has 1 heterocycles. The van der Waals surface area contributed by atoms with Gasteiger partial charge in [0.2, 0.25) is 0 Å². The molecule has 108 valence electrons. The van der Waals surface area contributed by atoms with Gasteiger partial charge in [-0.2, -0.15) is 0 Å². The number of halogens is 1. The summed E-state index contributed by atoms with van der Waals surface area (Å²) in [5.41, 5.74) is 6.60. The Bertz CT molecular complexity index is 506. The van der Waals surface area contributed by atoms with E-state index in [0.29, 0.717) is 24.3 Å². The Balaban J connectivity index is 2.02. The third kappa shape index (κ3) is 3.71. The lowest BCUT2D eigenvalue weighted by molar-refractivity contribution is 0.111. The molecule has 2 unspecified atom stereocenters. The topological polar surface area (TPSA) is 70.8 Å². The summed E-state index contributed by atoms with van der Waals surface area (Å²) >= 11 is 0. The lowest BCUT2D eigenvalue weighted by Gasteiger charge is -2.16. The quantitative estimate of drug-likeness (QED) is 0.636. The van der Waals surface area contributed by atoms with Gasteiger partial charge < -0.3 is 19.9 Å². The lowest BCUT2D eigenvalue weighted by Crippen LogP contribution is -2.38. The van der Waals surface area contributed by atoms with Crippen molar-refractivity contribution in [1.82, 2.24) is 0 Å². The Morgan fingerprint density at radius 1 is 1.55 bits per heavy atom. The van der Waals surface area contributed by atoms with Crippen LogP contribution in [0.4, 0.5) is 9.18 Å². The third-order valence-corrected chi connectivity index (χ3v) is 2.86. The first kappa shape index (κ1) is 14.3. The van der Waals surface area contributed by atoms with Crippen molar-refractivity contribution >= 4 is 6.16 Å². The van der Waals surface area contributed by atoms with Gasteiger partial charge in [0.15, 0.2) is 6.10 Å². The van der Waals surface area contributed by atoms with E-state index in [9.17, 15) is 9.18 Å². The zero-order chi connectivity index (χ0) is 14.5. The van der Waals surface area contributed by atoms with E-state index in [0.717, 1.165) is 0 Å². The van der Waals surface area contributed by atoms with E-state index >= 15 is 0 Å². The Morgan fingerprint density at radius 2 is 2.35 bits per heavy atom. The summed E-state index contributed by atoms with van der Waals surface area (Å²) < 4.78 is 28.3. The fraction of sp³-hybridized carbons (Fsp3) is 0.357. The molecule has 0 aromatic heterocycles. The molecular formula is C14H16FNO4. The molecule has 0 bridgehead atoms. The third-order valence-electron chi connectivity index (χ3n) is 2.86. The van der Waals surface area contributed by atoms with Crippen molar-refractivity contribution in [2.24, 2.45) is 5.73 Å². The maximum Gasteiger partial charge on any atom is 0.508 e. The second kappa shape index (κ2) is 6.38. The average Bonchev–Trinajstić information content (AvgIpc) is 2.82. The summed E-state index contributed by atoms with van der Waals surface area (Å²) in [6.07, 6.45) is 0.692. The Morgan fingerprint density at radius 3 is 3.00 bits per heavy atom. The molecule has 1 aliphatic heterocycles. The molecule has 0 aliphatic carbocycles. The fourth-order valence-electron chi connectivity index (χ4n) is 1.93. The lowest BCUT2D eigenvalue weighted by atomic mass is 10.0. The fourth-order valence-corrected chi connectivity index (χ4v) is 1.93. The van der Waals surface area contributed by atoms with E-state index in [-0.39, 0.29) is 6.61 Å². The van der Waals surface area contributed by atoms with Gasteiger partial charge in [-0.15, -0.1) is 0 Å². The van der Waals surface area contributed by atoms with Crippen molar-refractivity contribution in [1.29, 1.82) is 0 Å². The molecule has 0 saturated carbocycles. The van der Waals surface area contributed by atoms with Crippen LogP contribution in [0.3, 0.4) is 0 Å². The molecule has 1 aromatic rings. The molecule has 1 aliphatic rings. The largest absolute Gasteiger partial charge is 0.508 e. The standard InChI is InChI=1S/C14H16FNO4/c1-2-3-18-11-5-9(4-10(15)7-11)6-12(16)13-8-19-14(17)20-13/h2,4-5,7,12-13H,1,3,6,8,16H2. The molecule has 2 atom stereocenters. The van der Waals surface area contributed by atoms with Crippen molar-refractivity contribution in [3.8, 4) is 5.75 Å². The SMILES string of the molecule is C=CCOc1cc(F)cc(CC(N)C2COC(=O)O2)c1. The monoisotopic (exact) mass is 281 g/mol. The van der Waals surface area contributed by atoms with Gasteiger partial charge in [0.25, 0.3) is 0 Å². The first-order valence-electron chi connectivity index (χ1n) is 6.20. The molecule has 0 spiro atoms. The number of ether oxygens (including phenoxy) is 3. The van der Waals surface area contributed by atoms with E-state index in [4.69, 9.17) is 15.2 Å². The molecular weight excluding hydrogens is 265 g/mol. The number of cyclic esters (lactones) is 2. The van der Waals surface area contributed by atoms with E-state index in [1.807, 2.05) is 0 Å². The van der Waals surface area contributed by atoms with Gasteiger partial charge >= 0.3 is 6.16 Å². The number of rotatable bonds is 6. The van der Waals surface area contributed by atoms with Crippen LogP contribution < -0.4 is 10.5 Å². The maximum atomic E-state index is 13.5. The van der Waals surface area contributed by atoms with Gasteiger partial charge in [-0.3, -0.25) is 0 Å². The van der Waals surface area contributed by atoms with Crippen LogP contribution in [0, 0.1) is 5.82 Å². The Labute approximate surface area is 116 Å². The van der Waals surface area contributed by atoms with E-state index < -0.39 is 24.1 Å². The summed E-state index contributed by atoms with van der Waals surface area (Å²) in [5.74, 6) is 0.000181. The highest BCUT2D eigenvalue weighted by Gasteiger charge is 2.30. The number of carbonyl (C=O) groups is 1. The molecule has 1 aromatic carbocycles. The number of hydrogen-bond donors (Lipinski definition) is 1. The molecule has 20 heavy (non-hydrogen) atoms. The molecule has 5 nitrogen and oxygen atoms in total. The minimum absolute atomic E-state index is 0.120. The number of benzene rings is 1. The van der Waals surface area contributed by atoms with Gasteiger partial charge in [0, 0.05) is 12.1 Å². The van der Waals surface area contributed by atoms with Crippen LogP contribution in [0.25, 0.3) is 0 Å². The smallest absolute Gasteiger partial charge is 0.489 e. The predicted molar refractivity (Wildman–Crippen MR) is 70.0 cm³/mol. The maximum absolute atomic E-state index is 13.5. The Hall–Kier alpha value is -2.08. The number of nitrogens with two attached hydrogens (primary N) is 1. The van der Waals surface area contributed by atoms with Gasteiger partial charge in [-0.1, -0.05) is 12.7 Å². The van der Waals surface area contributed by atoms with Gasteiger partial charge in [0.1, 0.15) is 24.8 Å². The molecule has 6 heteroatoms. The van der Waals surface area contributed by atoms with Gasteiger partial charge in [-0.25, -0.2) is 9.18 Å². The summed E-state index contributed by atoms with van der Waals surface area (Å²) in [6, 6.07) is 3.90. The highest BCUT2D eigenvalue weighted by Crippen LogP contribution is 2.19. The van der Waals surface area contributed by atoms with E-state index in [2.05, 4.69) is 11.3 Å². The van der Waals surface area contributed by atoms with Crippen LogP contribution in [-0.2, 0) is 15.9 Å². The minimum Gasteiger partial charge on any atom is -0.489 e. The second-order valence-electron chi connectivity index (χ2n) is 4.48. The first-order valence-corrected chi connectivity index (χ1v) is 6.20. The first-order chi connectivity index (χ1) is 9.58. The summed E-state index contributed by atoms with van der Waals surface area (Å²) in [5, 5.41) is 0. The Kier molecular flexibility index (Phi) is 4.57. The van der Waals surface area contributed by atoms with Crippen LogP contribution in [-0.4, -0.2) is 31.5 Å². The number of hydrogen-bond acceptors (Lipinski definition) is 5. The average molecular weight is 281 g/mol. The van der Waals surface area contributed by atoms with E-state index in [1.54, 1.807) is 12.1 Å². The van der Waals surface area contributed by atoms with Crippen molar-refractivity contribution in [2.75, 3.05) is 13.2 Å². The summed E-state index contributed by atoms with van der Waals surface area (Å²) in [7, 11) is 0. The van der Waals surface area contributed by atoms with Crippen LogP contribution in [0.15, 0.2) is 30.9 Å². The molecule has 2 N–H and O–H groups in total. The summed E-state index contributed by atoms with van der Waals surface area (Å²) in [6.45, 7) is 3.94. The van der Waals surface area contributed by atoms with Crippen molar-refractivity contribution < 1.29 is 23.4 Å². The zero-order valence-electron chi connectivity index (χ0n) is 10.9. The van der Waals surface area contributed by atoms with Crippen molar-refractivity contribution in [3.63, 3.8) is 0 Å². The normalized spacial score (nSPS) is 19.1. The predicted octanol–water partition coefficient (Wildman–Crippen LogP) is 1.80. The van der Waals surface area contributed by atoms with Crippen LogP contribution in [0.5, 0.6) is 5.75 Å². The molecule has 1 fully saturated rings. The van der Waals surface area contributed by atoms with Gasteiger partial charge in [0.05, 0.1) is 0 Å². The summed E-state index contributed by atoms with van der Waals surface area (Å²) in [4.78, 5) is 10.8. The van der Waals surface area contributed by atoms with Crippen molar-refractivity contribution in [2.45, 2.75) is 18.6 Å². The molecule has 1 saturated heterocycles. The highest BCUT2D eigenvalue weighted by molar-refractivity contribution is 5.62. The molecule has 0 radical (unpaired) electrons. The van der Waals surface area contributed by atoms with Crippen LogP contribution >= 0.6 is 0 Å². The molecule has 2 rings (SSSR count).